The average molecular weight is 185 g/mol. The molecule has 1 heterocycles. The van der Waals surface area contributed by atoms with Crippen LogP contribution in [0.2, 0.25) is 0 Å². The number of carbonyl (C=O) groups is 3. The van der Waals surface area contributed by atoms with Crippen LogP contribution in [0.3, 0.4) is 0 Å². The first-order valence-corrected chi connectivity index (χ1v) is 3.89. The maximum Gasteiger partial charge on any atom is 0.333 e. The van der Waals surface area contributed by atoms with Crippen molar-refractivity contribution in [3.63, 3.8) is 0 Å². The zero-order chi connectivity index (χ0) is 10.0. The van der Waals surface area contributed by atoms with Gasteiger partial charge in [-0.1, -0.05) is 0 Å². The molecular weight excluding hydrogens is 174 g/mol. The van der Waals surface area contributed by atoms with Gasteiger partial charge in [-0.3, -0.25) is 19.4 Å². The van der Waals surface area contributed by atoms with E-state index in [1.54, 1.807) is 0 Å². The monoisotopic (exact) mass is 185 g/mol. The van der Waals surface area contributed by atoms with E-state index in [1.807, 2.05) is 0 Å². The molecule has 13 heavy (non-hydrogen) atoms. The molecule has 2 N–H and O–H groups in total. The fraction of sp³-hybridized carbons (Fsp3) is 0.571. The van der Waals surface area contributed by atoms with Crippen LogP contribution in [-0.2, 0) is 9.59 Å². The number of carbonyl (C=O) groups excluding carboxylic acids is 3. The van der Waals surface area contributed by atoms with Gasteiger partial charge >= 0.3 is 6.03 Å². The lowest BCUT2D eigenvalue weighted by atomic mass is 10.2. The van der Waals surface area contributed by atoms with Gasteiger partial charge in [-0.15, -0.1) is 0 Å². The summed E-state index contributed by atoms with van der Waals surface area (Å²) in [4.78, 5) is 35.3. The molecule has 0 aromatic heterocycles. The molecule has 0 aromatic rings. The molecule has 0 bridgehead atoms. The Bertz CT molecular complexity index is 264. The molecule has 0 aliphatic carbocycles. The van der Waals surface area contributed by atoms with Crippen LogP contribution >= 0.6 is 0 Å². The molecular formula is C7H11N3O3. The van der Waals surface area contributed by atoms with Gasteiger partial charge in [0.25, 0.3) is 0 Å². The Labute approximate surface area is 75.3 Å². The summed E-state index contributed by atoms with van der Waals surface area (Å²) >= 11 is 0. The maximum absolute atomic E-state index is 11.3. The number of amides is 4. The van der Waals surface area contributed by atoms with Crippen LogP contribution in [0.1, 0.15) is 6.42 Å². The van der Waals surface area contributed by atoms with Gasteiger partial charge in [-0.25, -0.2) is 4.79 Å². The lowest BCUT2D eigenvalue weighted by Gasteiger charge is -2.29. The van der Waals surface area contributed by atoms with Crippen molar-refractivity contribution in [2.24, 2.45) is 5.73 Å². The van der Waals surface area contributed by atoms with Crippen LogP contribution in [0.5, 0.6) is 0 Å². The third-order valence-electron chi connectivity index (χ3n) is 1.85. The molecule has 0 saturated carbocycles. The summed E-state index contributed by atoms with van der Waals surface area (Å²) in [5.74, 6) is -0.943. The summed E-state index contributed by atoms with van der Waals surface area (Å²) in [6.45, 7) is 0.370. The normalized spacial score (nSPS) is 18.5. The van der Waals surface area contributed by atoms with E-state index in [4.69, 9.17) is 5.73 Å². The van der Waals surface area contributed by atoms with Crippen LogP contribution in [0.4, 0.5) is 4.79 Å². The quantitative estimate of drug-likeness (QED) is 0.545. The second-order valence-corrected chi connectivity index (χ2v) is 2.75. The lowest BCUT2D eigenvalue weighted by Crippen LogP contribution is -2.54. The Morgan fingerprint density at radius 2 is 1.92 bits per heavy atom. The second-order valence-electron chi connectivity index (χ2n) is 2.75. The van der Waals surface area contributed by atoms with Gasteiger partial charge in [0.1, 0.15) is 6.42 Å². The molecule has 4 amide bonds. The number of barbiturate groups is 1. The largest absolute Gasteiger partial charge is 0.333 e. The molecule has 1 rings (SSSR count). The van der Waals surface area contributed by atoms with E-state index in [0.29, 0.717) is 0 Å². The van der Waals surface area contributed by atoms with Crippen LogP contribution < -0.4 is 5.73 Å². The Morgan fingerprint density at radius 3 is 2.46 bits per heavy atom. The van der Waals surface area contributed by atoms with E-state index in [-0.39, 0.29) is 19.5 Å². The smallest absolute Gasteiger partial charge is 0.329 e. The Balaban J connectivity index is 2.79. The molecule has 1 fully saturated rings. The highest BCUT2D eigenvalue weighted by molar-refractivity contribution is 6.13. The third-order valence-corrected chi connectivity index (χ3v) is 1.85. The van der Waals surface area contributed by atoms with Gasteiger partial charge in [-0.05, 0) is 0 Å². The predicted octanol–water partition coefficient (Wildman–Crippen LogP) is -1.24. The van der Waals surface area contributed by atoms with Gasteiger partial charge < -0.3 is 5.73 Å². The molecule has 0 atom stereocenters. The van der Waals surface area contributed by atoms with Gasteiger partial charge in [-0.2, -0.15) is 0 Å². The van der Waals surface area contributed by atoms with Crippen molar-refractivity contribution in [3.05, 3.63) is 0 Å². The minimum absolute atomic E-state index is 0.162. The first kappa shape index (κ1) is 9.66. The number of nitrogens with two attached hydrogens (primary N) is 1. The van der Waals surface area contributed by atoms with Gasteiger partial charge in [0.05, 0.1) is 0 Å². The second kappa shape index (κ2) is 3.53. The van der Waals surface area contributed by atoms with Crippen LogP contribution in [0.25, 0.3) is 0 Å². The maximum atomic E-state index is 11.3. The van der Waals surface area contributed by atoms with Gasteiger partial charge in [0.2, 0.25) is 11.8 Å². The highest BCUT2D eigenvalue weighted by Gasteiger charge is 2.34. The summed E-state index contributed by atoms with van der Waals surface area (Å²) in [5.41, 5.74) is 5.21. The Morgan fingerprint density at radius 1 is 1.31 bits per heavy atom. The summed E-state index contributed by atoms with van der Waals surface area (Å²) in [6.07, 6.45) is -0.248. The van der Waals surface area contributed by atoms with Crippen molar-refractivity contribution in [1.29, 1.82) is 0 Å². The minimum Gasteiger partial charge on any atom is -0.329 e. The fourth-order valence-electron chi connectivity index (χ4n) is 1.09. The third kappa shape index (κ3) is 1.67. The highest BCUT2D eigenvalue weighted by Crippen LogP contribution is 2.08. The molecule has 1 saturated heterocycles. The summed E-state index contributed by atoms with van der Waals surface area (Å²) < 4.78 is 0. The van der Waals surface area contributed by atoms with Crippen molar-refractivity contribution in [2.45, 2.75) is 6.42 Å². The molecule has 1 aliphatic rings. The van der Waals surface area contributed by atoms with E-state index in [0.717, 1.165) is 9.80 Å². The van der Waals surface area contributed by atoms with E-state index >= 15 is 0 Å². The molecule has 0 spiro atoms. The van der Waals surface area contributed by atoms with Crippen LogP contribution in [0, 0.1) is 0 Å². The van der Waals surface area contributed by atoms with Gasteiger partial charge in [0.15, 0.2) is 0 Å². The van der Waals surface area contributed by atoms with Crippen molar-refractivity contribution in [2.75, 3.05) is 20.1 Å². The minimum atomic E-state index is -0.591. The molecule has 6 nitrogen and oxygen atoms in total. The predicted molar refractivity (Wildman–Crippen MR) is 43.6 cm³/mol. The lowest BCUT2D eigenvalue weighted by molar-refractivity contribution is -0.141. The highest BCUT2D eigenvalue weighted by atomic mass is 16.2. The SMILES string of the molecule is CN1C(=O)CC(=O)N(CCN)C1=O. The molecule has 1 aliphatic heterocycles. The van der Waals surface area contributed by atoms with E-state index in [1.165, 1.54) is 7.05 Å². The topological polar surface area (TPSA) is 83.7 Å². The Kier molecular flexibility index (Phi) is 2.62. The summed E-state index contributed by atoms with van der Waals surface area (Å²) in [5, 5.41) is 0. The average Bonchev–Trinajstić information content (AvgIpc) is 2.09. The van der Waals surface area contributed by atoms with E-state index < -0.39 is 17.8 Å². The first-order chi connectivity index (χ1) is 6.07. The standard InChI is InChI=1S/C7H11N3O3/c1-9-5(11)4-6(12)10(3-2-8)7(9)13/h2-4,8H2,1H3. The number of rotatable bonds is 2. The number of urea groups is 1. The molecule has 0 radical (unpaired) electrons. The first-order valence-electron chi connectivity index (χ1n) is 3.89. The summed E-state index contributed by atoms with van der Waals surface area (Å²) in [7, 11) is 1.35. The van der Waals surface area contributed by atoms with E-state index in [2.05, 4.69) is 0 Å². The van der Waals surface area contributed by atoms with Crippen molar-refractivity contribution >= 4 is 17.8 Å². The fourth-order valence-corrected chi connectivity index (χ4v) is 1.09. The van der Waals surface area contributed by atoms with Crippen molar-refractivity contribution in [3.8, 4) is 0 Å². The van der Waals surface area contributed by atoms with Crippen LogP contribution in [-0.4, -0.2) is 47.8 Å². The molecule has 6 heteroatoms. The summed E-state index contributed by atoms with van der Waals surface area (Å²) in [6, 6.07) is -0.591. The molecule has 72 valence electrons. The van der Waals surface area contributed by atoms with Crippen molar-refractivity contribution in [1.82, 2.24) is 9.80 Å². The Hall–Kier alpha value is -1.43. The number of hydrogen-bond donors (Lipinski definition) is 1. The number of imide groups is 2. The number of nitrogens with zero attached hydrogens (tertiary/aromatic N) is 2. The van der Waals surface area contributed by atoms with Crippen molar-refractivity contribution < 1.29 is 14.4 Å². The zero-order valence-electron chi connectivity index (χ0n) is 7.32. The molecule has 0 aromatic carbocycles. The van der Waals surface area contributed by atoms with E-state index in [9.17, 15) is 14.4 Å². The van der Waals surface area contributed by atoms with Crippen LogP contribution in [0.15, 0.2) is 0 Å². The molecule has 0 unspecified atom stereocenters. The van der Waals surface area contributed by atoms with Gasteiger partial charge in [0, 0.05) is 20.1 Å². The zero-order valence-corrected chi connectivity index (χ0v) is 7.32. The number of hydrogen-bond acceptors (Lipinski definition) is 4.